The van der Waals surface area contributed by atoms with Gasteiger partial charge in [0.15, 0.2) is 0 Å². The van der Waals surface area contributed by atoms with E-state index in [4.69, 9.17) is 0 Å². The molecule has 0 aliphatic carbocycles. The molecular formula is C13H23NO2. The average Bonchev–Trinajstić information content (AvgIpc) is 2.57. The molecule has 1 aliphatic heterocycles. The lowest BCUT2D eigenvalue weighted by atomic mass is 9.86. The number of carbonyl (C=O) groups excluding carboxylic acids is 2. The van der Waals surface area contributed by atoms with Gasteiger partial charge in [-0.05, 0) is 19.4 Å². The van der Waals surface area contributed by atoms with Gasteiger partial charge in [0, 0.05) is 18.9 Å². The molecule has 0 aromatic heterocycles. The zero-order chi connectivity index (χ0) is 12.0. The minimum absolute atomic E-state index is 0.0856. The van der Waals surface area contributed by atoms with Gasteiger partial charge in [-0.3, -0.25) is 9.59 Å². The van der Waals surface area contributed by atoms with Gasteiger partial charge in [-0.25, -0.2) is 0 Å². The smallest absolute Gasteiger partial charge is 0.144 e. The topological polar surface area (TPSA) is 46.2 Å². The Kier molecular flexibility index (Phi) is 5.67. The molecule has 1 unspecified atom stereocenters. The standard InChI is InChI=1S/C13H23NO2/c1-3-11(15)13(12(16)4-2)10-8-6-5-7-9-14-10/h10,13-14H,3-9H2,1-2H3. The molecule has 1 fully saturated rings. The molecule has 3 nitrogen and oxygen atoms in total. The van der Waals surface area contributed by atoms with E-state index in [1.54, 1.807) is 0 Å². The van der Waals surface area contributed by atoms with Crippen LogP contribution in [0.4, 0.5) is 0 Å². The van der Waals surface area contributed by atoms with Crippen LogP contribution in [0.5, 0.6) is 0 Å². The molecule has 0 bridgehead atoms. The van der Waals surface area contributed by atoms with E-state index in [1.807, 2.05) is 13.8 Å². The number of Topliss-reactive ketones (excluding diaryl/α,β-unsaturated/α-hetero) is 2. The van der Waals surface area contributed by atoms with Gasteiger partial charge in [-0.1, -0.05) is 26.7 Å². The minimum Gasteiger partial charge on any atom is -0.313 e. The van der Waals surface area contributed by atoms with Crippen LogP contribution < -0.4 is 5.32 Å². The van der Waals surface area contributed by atoms with Crippen molar-refractivity contribution in [3.8, 4) is 0 Å². The van der Waals surface area contributed by atoms with E-state index >= 15 is 0 Å². The van der Waals surface area contributed by atoms with E-state index < -0.39 is 5.92 Å². The van der Waals surface area contributed by atoms with Gasteiger partial charge in [-0.15, -0.1) is 0 Å². The summed E-state index contributed by atoms with van der Waals surface area (Å²) in [5.74, 6) is -0.189. The summed E-state index contributed by atoms with van der Waals surface area (Å²) in [5.41, 5.74) is 0. The number of carbonyl (C=O) groups is 2. The first-order chi connectivity index (χ1) is 7.70. The van der Waals surface area contributed by atoms with Crippen molar-refractivity contribution in [2.24, 2.45) is 5.92 Å². The average molecular weight is 225 g/mol. The number of rotatable bonds is 5. The lowest BCUT2D eigenvalue weighted by Gasteiger charge is -2.24. The molecule has 0 amide bonds. The van der Waals surface area contributed by atoms with Gasteiger partial charge in [0.2, 0.25) is 0 Å². The van der Waals surface area contributed by atoms with E-state index in [2.05, 4.69) is 5.32 Å². The van der Waals surface area contributed by atoms with Crippen molar-refractivity contribution in [2.45, 2.75) is 58.4 Å². The Morgan fingerprint density at radius 2 is 1.75 bits per heavy atom. The quantitative estimate of drug-likeness (QED) is 0.729. The fourth-order valence-electron chi connectivity index (χ4n) is 2.41. The van der Waals surface area contributed by atoms with Crippen LogP contribution in [0.2, 0.25) is 0 Å². The maximum atomic E-state index is 11.9. The fraction of sp³-hybridized carbons (Fsp3) is 0.846. The Balaban J connectivity index is 2.73. The molecule has 1 saturated heterocycles. The van der Waals surface area contributed by atoms with Crippen LogP contribution in [0.3, 0.4) is 0 Å². The van der Waals surface area contributed by atoms with Crippen molar-refractivity contribution in [3.63, 3.8) is 0 Å². The van der Waals surface area contributed by atoms with Gasteiger partial charge in [0.1, 0.15) is 11.6 Å². The number of hydrogen-bond donors (Lipinski definition) is 1. The van der Waals surface area contributed by atoms with Gasteiger partial charge >= 0.3 is 0 Å². The van der Waals surface area contributed by atoms with Crippen LogP contribution in [0.15, 0.2) is 0 Å². The zero-order valence-corrected chi connectivity index (χ0v) is 10.4. The van der Waals surface area contributed by atoms with E-state index in [9.17, 15) is 9.59 Å². The van der Waals surface area contributed by atoms with Crippen LogP contribution in [-0.2, 0) is 9.59 Å². The molecule has 0 aromatic carbocycles. The summed E-state index contributed by atoms with van der Waals surface area (Å²) in [5, 5.41) is 3.37. The summed E-state index contributed by atoms with van der Waals surface area (Å²) in [6.45, 7) is 4.62. The summed E-state index contributed by atoms with van der Waals surface area (Å²) in [4.78, 5) is 23.7. The third-order valence-electron chi connectivity index (χ3n) is 3.39. The zero-order valence-electron chi connectivity index (χ0n) is 10.4. The third-order valence-corrected chi connectivity index (χ3v) is 3.39. The Bertz CT molecular complexity index is 226. The molecule has 0 saturated carbocycles. The summed E-state index contributed by atoms with van der Waals surface area (Å²) in [6, 6.07) is 0.0856. The van der Waals surface area contributed by atoms with Crippen LogP contribution in [0.25, 0.3) is 0 Å². The lowest BCUT2D eigenvalue weighted by molar-refractivity contribution is -0.133. The second-order valence-corrected chi connectivity index (χ2v) is 4.53. The van der Waals surface area contributed by atoms with Gasteiger partial charge in [0.05, 0.1) is 5.92 Å². The van der Waals surface area contributed by atoms with Gasteiger partial charge in [-0.2, -0.15) is 0 Å². The Hall–Kier alpha value is -0.700. The molecule has 0 radical (unpaired) electrons. The highest BCUT2D eigenvalue weighted by molar-refractivity contribution is 6.02. The van der Waals surface area contributed by atoms with Crippen molar-refractivity contribution >= 4 is 11.6 Å². The summed E-state index contributed by atoms with van der Waals surface area (Å²) in [6.07, 6.45) is 5.38. The molecule has 0 aromatic rings. The number of hydrogen-bond acceptors (Lipinski definition) is 3. The summed E-state index contributed by atoms with van der Waals surface area (Å²) < 4.78 is 0. The van der Waals surface area contributed by atoms with E-state index in [-0.39, 0.29) is 17.6 Å². The SMILES string of the molecule is CCC(=O)C(C(=O)CC)C1CCCCCN1. The molecule has 16 heavy (non-hydrogen) atoms. The Morgan fingerprint density at radius 1 is 1.12 bits per heavy atom. The van der Waals surface area contributed by atoms with E-state index in [0.717, 1.165) is 25.8 Å². The fourth-order valence-corrected chi connectivity index (χ4v) is 2.41. The third kappa shape index (κ3) is 3.41. The molecule has 1 rings (SSSR count). The maximum Gasteiger partial charge on any atom is 0.144 e. The molecule has 1 atom stereocenters. The Morgan fingerprint density at radius 3 is 2.31 bits per heavy atom. The lowest BCUT2D eigenvalue weighted by Crippen LogP contribution is -2.43. The van der Waals surface area contributed by atoms with Gasteiger partial charge in [0.25, 0.3) is 0 Å². The molecule has 3 heteroatoms. The van der Waals surface area contributed by atoms with Crippen LogP contribution in [-0.4, -0.2) is 24.2 Å². The molecular weight excluding hydrogens is 202 g/mol. The number of ketones is 2. The highest BCUT2D eigenvalue weighted by atomic mass is 16.1. The maximum absolute atomic E-state index is 11.9. The molecule has 1 aliphatic rings. The van der Waals surface area contributed by atoms with Crippen LogP contribution >= 0.6 is 0 Å². The van der Waals surface area contributed by atoms with E-state index in [0.29, 0.717) is 12.8 Å². The van der Waals surface area contributed by atoms with Crippen molar-refractivity contribution < 1.29 is 9.59 Å². The Labute approximate surface area is 98.0 Å². The van der Waals surface area contributed by atoms with Crippen molar-refractivity contribution in [3.05, 3.63) is 0 Å². The predicted molar refractivity (Wildman–Crippen MR) is 64.3 cm³/mol. The molecule has 92 valence electrons. The minimum atomic E-state index is -0.395. The van der Waals surface area contributed by atoms with E-state index in [1.165, 1.54) is 6.42 Å². The normalized spacial score (nSPS) is 21.8. The predicted octanol–water partition coefficient (Wildman–Crippen LogP) is 2.09. The first-order valence-electron chi connectivity index (χ1n) is 6.49. The molecule has 1 N–H and O–H groups in total. The van der Waals surface area contributed by atoms with Crippen LogP contribution in [0, 0.1) is 5.92 Å². The highest BCUT2D eigenvalue weighted by Crippen LogP contribution is 2.19. The second-order valence-electron chi connectivity index (χ2n) is 4.53. The monoisotopic (exact) mass is 225 g/mol. The first-order valence-corrected chi connectivity index (χ1v) is 6.49. The second kappa shape index (κ2) is 6.79. The number of nitrogens with one attached hydrogen (secondary N) is 1. The van der Waals surface area contributed by atoms with Crippen molar-refractivity contribution in [1.82, 2.24) is 5.32 Å². The van der Waals surface area contributed by atoms with Crippen molar-refractivity contribution in [2.75, 3.05) is 6.54 Å². The van der Waals surface area contributed by atoms with Crippen molar-refractivity contribution in [1.29, 1.82) is 0 Å². The summed E-state index contributed by atoms with van der Waals surface area (Å²) >= 11 is 0. The first kappa shape index (κ1) is 13.4. The highest BCUT2D eigenvalue weighted by Gasteiger charge is 2.32. The molecule has 0 spiro atoms. The molecule has 1 heterocycles. The van der Waals surface area contributed by atoms with Crippen LogP contribution in [0.1, 0.15) is 52.4 Å². The summed E-state index contributed by atoms with van der Waals surface area (Å²) in [7, 11) is 0. The van der Waals surface area contributed by atoms with Gasteiger partial charge < -0.3 is 5.32 Å². The largest absolute Gasteiger partial charge is 0.313 e.